The van der Waals surface area contributed by atoms with Gasteiger partial charge in [-0.2, -0.15) is 0 Å². The molecule has 0 spiro atoms. The van der Waals surface area contributed by atoms with E-state index in [4.69, 9.17) is 0 Å². The summed E-state index contributed by atoms with van der Waals surface area (Å²) in [6.07, 6.45) is 0.425. The van der Waals surface area contributed by atoms with Gasteiger partial charge in [0.2, 0.25) is 0 Å². The van der Waals surface area contributed by atoms with Crippen LogP contribution in [0.25, 0.3) is 0 Å². The van der Waals surface area contributed by atoms with Crippen molar-refractivity contribution in [1.82, 2.24) is 0 Å². The fourth-order valence-corrected chi connectivity index (χ4v) is 7.93. The third kappa shape index (κ3) is 3.48. The van der Waals surface area contributed by atoms with Gasteiger partial charge in [-0.1, -0.05) is 54.6 Å². The zero-order valence-electron chi connectivity index (χ0n) is 15.3. The number of rotatable bonds is 5. The van der Waals surface area contributed by atoms with E-state index in [1.165, 1.54) is 18.2 Å². The molecule has 0 nitrogen and oxygen atoms in total. The van der Waals surface area contributed by atoms with Crippen molar-refractivity contribution in [2.75, 3.05) is 0 Å². The lowest BCUT2D eigenvalue weighted by molar-refractivity contribution is 0.591. The van der Waals surface area contributed by atoms with Crippen LogP contribution in [-0.4, -0.2) is 0 Å². The highest BCUT2D eigenvalue weighted by Gasteiger charge is 2.45. The van der Waals surface area contributed by atoms with Gasteiger partial charge in [-0.25, -0.2) is 8.78 Å². The molecule has 4 rings (SSSR count). The Balaban J connectivity index is 2.02. The number of halogens is 2. The summed E-state index contributed by atoms with van der Waals surface area (Å²) in [6, 6.07) is 34.4. The first kappa shape index (κ1) is 18.5. The van der Waals surface area contributed by atoms with Crippen molar-refractivity contribution >= 4 is 23.2 Å². The van der Waals surface area contributed by atoms with Crippen molar-refractivity contribution < 1.29 is 8.78 Å². The van der Waals surface area contributed by atoms with Gasteiger partial charge in [-0.05, 0) is 54.6 Å². The molecule has 0 aliphatic carbocycles. The van der Waals surface area contributed by atoms with E-state index in [1.54, 1.807) is 0 Å². The monoisotopic (exact) mass is 389 g/mol. The summed E-state index contributed by atoms with van der Waals surface area (Å²) in [6.45, 7) is 0. The lowest BCUT2D eigenvalue weighted by Crippen LogP contribution is -2.32. The maximum Gasteiger partial charge on any atom is 0.130 e. The van der Waals surface area contributed by atoms with Gasteiger partial charge in [0.25, 0.3) is 0 Å². The van der Waals surface area contributed by atoms with Gasteiger partial charge in [0.1, 0.15) is 41.0 Å². The lowest BCUT2D eigenvalue weighted by Gasteiger charge is -2.28. The Morgan fingerprint density at radius 1 is 0.536 bits per heavy atom. The summed E-state index contributed by atoms with van der Waals surface area (Å²) < 4.78 is 28.7. The number of hydrogen-bond donors (Lipinski definition) is 0. The normalized spacial score (nSPS) is 11.4. The molecule has 0 aromatic heterocycles. The second kappa shape index (κ2) is 8.04. The minimum atomic E-state index is -2.23. The predicted octanol–water partition coefficient (Wildman–Crippen LogP) is 5.46. The van der Waals surface area contributed by atoms with Crippen LogP contribution < -0.4 is 15.9 Å². The smallest absolute Gasteiger partial charge is 0.130 e. The highest BCUT2D eigenvalue weighted by molar-refractivity contribution is 7.95. The molecule has 0 aliphatic heterocycles. The van der Waals surface area contributed by atoms with E-state index < -0.39 is 13.1 Å². The molecule has 28 heavy (non-hydrogen) atoms. The van der Waals surface area contributed by atoms with Crippen LogP contribution >= 0.6 is 7.26 Å². The summed E-state index contributed by atoms with van der Waals surface area (Å²) in [5, 5.41) is 3.45. The molecule has 4 aromatic carbocycles. The average Bonchev–Trinajstić information content (AvgIpc) is 2.76. The van der Waals surface area contributed by atoms with Crippen LogP contribution in [0.2, 0.25) is 0 Å². The Labute approximate surface area is 164 Å². The Morgan fingerprint density at radius 3 is 1.39 bits per heavy atom. The maximum absolute atomic E-state index is 14.7. The topological polar surface area (TPSA) is 0 Å². The van der Waals surface area contributed by atoms with E-state index in [0.717, 1.165) is 15.9 Å². The van der Waals surface area contributed by atoms with E-state index in [0.29, 0.717) is 11.7 Å². The molecule has 0 bridgehead atoms. The minimum absolute atomic E-state index is 0.367. The minimum Gasteiger partial charge on any atom is -0.207 e. The number of hydrogen-bond acceptors (Lipinski definition) is 0. The largest absolute Gasteiger partial charge is 0.207 e. The van der Waals surface area contributed by atoms with E-state index in [-0.39, 0.29) is 5.82 Å². The van der Waals surface area contributed by atoms with Crippen molar-refractivity contribution in [3.8, 4) is 0 Å². The van der Waals surface area contributed by atoms with Gasteiger partial charge in [0, 0.05) is 5.56 Å². The molecule has 0 unspecified atom stereocenters. The van der Waals surface area contributed by atoms with Gasteiger partial charge in [0.15, 0.2) is 0 Å². The predicted molar refractivity (Wildman–Crippen MR) is 115 cm³/mol. The summed E-state index contributed by atoms with van der Waals surface area (Å²) >= 11 is 0. The van der Waals surface area contributed by atoms with Gasteiger partial charge >= 0.3 is 0 Å². The van der Waals surface area contributed by atoms with Crippen LogP contribution in [0.4, 0.5) is 8.78 Å². The first-order valence-electron chi connectivity index (χ1n) is 9.19. The second-order valence-corrected chi connectivity index (χ2v) is 10.2. The van der Waals surface area contributed by atoms with E-state index >= 15 is 0 Å². The van der Waals surface area contributed by atoms with Gasteiger partial charge in [0.05, 0.1) is 0 Å². The lowest BCUT2D eigenvalue weighted by atomic mass is 10.2. The SMILES string of the molecule is Fc1ccc(F)c(C[P+](c2ccccc2)(c2ccccc2)c2ccccc2)c1. The molecule has 3 heteroatoms. The molecular formula is C25H20F2P+. The van der Waals surface area contributed by atoms with Crippen LogP contribution in [0.15, 0.2) is 109 Å². The second-order valence-electron chi connectivity index (χ2n) is 6.71. The Hall–Kier alpha value is -2.83. The first-order chi connectivity index (χ1) is 13.7. The molecule has 0 fully saturated rings. The standard InChI is InChI=1S/C25H20F2P/c26-21-16-17-25(27)20(18-21)19-28(22-10-4-1-5-11-22,23-12-6-2-7-13-23)24-14-8-3-9-15-24/h1-18H,19H2/q+1. The van der Waals surface area contributed by atoms with Crippen LogP contribution in [0.3, 0.4) is 0 Å². The molecule has 0 saturated carbocycles. The van der Waals surface area contributed by atoms with E-state index in [1.807, 2.05) is 54.6 Å². The summed E-state index contributed by atoms with van der Waals surface area (Å²) in [4.78, 5) is 0. The average molecular weight is 389 g/mol. The fourth-order valence-electron chi connectivity index (χ4n) is 3.69. The van der Waals surface area contributed by atoms with Crippen molar-refractivity contribution in [3.63, 3.8) is 0 Å². The van der Waals surface area contributed by atoms with Crippen LogP contribution in [-0.2, 0) is 6.16 Å². The van der Waals surface area contributed by atoms with Crippen molar-refractivity contribution in [1.29, 1.82) is 0 Å². The fraction of sp³-hybridized carbons (Fsp3) is 0.0400. The third-order valence-electron chi connectivity index (χ3n) is 5.01. The molecule has 0 N–H and O–H groups in total. The van der Waals surface area contributed by atoms with Crippen molar-refractivity contribution in [2.24, 2.45) is 0 Å². The van der Waals surface area contributed by atoms with Gasteiger partial charge < -0.3 is 0 Å². The Bertz CT molecular complexity index is 951. The van der Waals surface area contributed by atoms with Gasteiger partial charge in [-0.3, -0.25) is 0 Å². The first-order valence-corrected chi connectivity index (χ1v) is 11.2. The zero-order chi connectivity index (χ0) is 19.4. The van der Waals surface area contributed by atoms with Crippen molar-refractivity contribution in [3.05, 3.63) is 126 Å². The molecule has 0 aliphatic rings. The third-order valence-corrected chi connectivity index (χ3v) is 9.36. The number of benzene rings is 4. The molecule has 0 atom stereocenters. The van der Waals surface area contributed by atoms with E-state index in [2.05, 4.69) is 36.4 Å². The zero-order valence-corrected chi connectivity index (χ0v) is 16.2. The van der Waals surface area contributed by atoms with Crippen LogP contribution in [0, 0.1) is 11.6 Å². The van der Waals surface area contributed by atoms with Crippen LogP contribution in [0.5, 0.6) is 0 Å². The molecular weight excluding hydrogens is 369 g/mol. The summed E-state index contributed by atoms with van der Waals surface area (Å²) in [7, 11) is -2.23. The van der Waals surface area contributed by atoms with E-state index in [9.17, 15) is 8.78 Å². The summed E-state index contributed by atoms with van der Waals surface area (Å²) in [5.74, 6) is -0.780. The van der Waals surface area contributed by atoms with Crippen molar-refractivity contribution in [2.45, 2.75) is 6.16 Å². The van der Waals surface area contributed by atoms with Gasteiger partial charge in [-0.15, -0.1) is 0 Å². The molecule has 4 aromatic rings. The maximum atomic E-state index is 14.7. The molecule has 138 valence electrons. The molecule has 0 radical (unpaired) electrons. The molecule has 0 amide bonds. The molecule has 0 saturated heterocycles. The highest BCUT2D eigenvalue weighted by atomic mass is 31.2. The summed E-state index contributed by atoms with van der Waals surface area (Å²) in [5.41, 5.74) is 0.407. The Morgan fingerprint density at radius 2 is 0.964 bits per heavy atom. The quantitative estimate of drug-likeness (QED) is 0.398. The Kier molecular flexibility index (Phi) is 5.32. The highest BCUT2D eigenvalue weighted by Crippen LogP contribution is 2.58. The van der Waals surface area contributed by atoms with Crippen LogP contribution in [0.1, 0.15) is 5.56 Å². The molecule has 0 heterocycles.